The molecular formula is C10H19N3O2. The van der Waals surface area contributed by atoms with E-state index in [0.717, 1.165) is 6.42 Å². The molecule has 0 saturated heterocycles. The number of rotatable bonds is 5. The molecule has 0 saturated carbocycles. The number of hydrogen-bond donors (Lipinski definition) is 1. The van der Waals surface area contributed by atoms with Crippen molar-refractivity contribution < 1.29 is 9.26 Å². The molecule has 0 radical (unpaired) electrons. The Hall–Kier alpha value is -0.940. The van der Waals surface area contributed by atoms with Gasteiger partial charge in [-0.05, 0) is 12.8 Å². The maximum absolute atomic E-state index is 5.97. The van der Waals surface area contributed by atoms with E-state index in [-0.39, 0.29) is 12.1 Å². The second-order valence-corrected chi connectivity index (χ2v) is 3.78. The third-order valence-electron chi connectivity index (χ3n) is 2.72. The average Bonchev–Trinajstić information content (AvgIpc) is 2.75. The van der Waals surface area contributed by atoms with Crippen molar-refractivity contribution in [2.24, 2.45) is 11.7 Å². The van der Waals surface area contributed by atoms with Gasteiger partial charge in [0, 0.05) is 7.11 Å². The molecule has 1 unspecified atom stereocenters. The fourth-order valence-corrected chi connectivity index (χ4v) is 1.15. The van der Waals surface area contributed by atoms with Crippen LogP contribution >= 0.6 is 0 Å². The fraction of sp³-hybridized carbons (Fsp3) is 0.800. The molecular weight excluding hydrogens is 194 g/mol. The summed E-state index contributed by atoms with van der Waals surface area (Å²) >= 11 is 0. The third kappa shape index (κ3) is 2.76. The standard InChI is InChI=1S/C10H19N3O2/c1-5-6(2)8(11)10-12-9(13-15-10)7(3)14-4/h6-8H,5,11H2,1-4H3/t6-,7?,8-/m0/s1. The van der Waals surface area contributed by atoms with E-state index >= 15 is 0 Å². The van der Waals surface area contributed by atoms with Crippen molar-refractivity contribution in [2.45, 2.75) is 39.3 Å². The molecule has 15 heavy (non-hydrogen) atoms. The molecule has 86 valence electrons. The molecule has 1 rings (SSSR count). The number of aromatic nitrogens is 2. The molecule has 3 atom stereocenters. The Morgan fingerprint density at radius 1 is 1.47 bits per heavy atom. The summed E-state index contributed by atoms with van der Waals surface area (Å²) < 4.78 is 10.2. The van der Waals surface area contributed by atoms with Crippen LogP contribution in [0.1, 0.15) is 51.1 Å². The second kappa shape index (κ2) is 5.23. The fourth-order valence-electron chi connectivity index (χ4n) is 1.15. The smallest absolute Gasteiger partial charge is 0.243 e. The van der Waals surface area contributed by atoms with Gasteiger partial charge in [0.1, 0.15) is 6.10 Å². The molecule has 0 aliphatic carbocycles. The zero-order valence-electron chi connectivity index (χ0n) is 9.73. The van der Waals surface area contributed by atoms with Gasteiger partial charge in [0.25, 0.3) is 0 Å². The predicted octanol–water partition coefficient (Wildman–Crippen LogP) is 1.82. The van der Waals surface area contributed by atoms with Crippen LogP contribution in [0.5, 0.6) is 0 Å². The summed E-state index contributed by atoms with van der Waals surface area (Å²) in [4.78, 5) is 4.22. The highest BCUT2D eigenvalue weighted by Gasteiger charge is 2.21. The molecule has 2 N–H and O–H groups in total. The lowest BCUT2D eigenvalue weighted by atomic mass is 10.0. The van der Waals surface area contributed by atoms with Crippen LogP contribution in [-0.2, 0) is 4.74 Å². The molecule has 0 spiro atoms. The third-order valence-corrected chi connectivity index (χ3v) is 2.72. The molecule has 1 heterocycles. The molecule has 1 aromatic heterocycles. The first-order chi connectivity index (χ1) is 7.10. The van der Waals surface area contributed by atoms with Gasteiger partial charge in [-0.3, -0.25) is 0 Å². The van der Waals surface area contributed by atoms with Crippen molar-refractivity contribution in [3.8, 4) is 0 Å². The Kier molecular flexibility index (Phi) is 4.23. The average molecular weight is 213 g/mol. The Labute approximate surface area is 90.0 Å². The van der Waals surface area contributed by atoms with E-state index in [1.165, 1.54) is 0 Å². The molecule has 0 aliphatic heterocycles. The molecule has 0 amide bonds. The van der Waals surface area contributed by atoms with Crippen LogP contribution in [0.15, 0.2) is 4.52 Å². The lowest BCUT2D eigenvalue weighted by Gasteiger charge is -2.13. The number of nitrogens with two attached hydrogens (primary N) is 1. The topological polar surface area (TPSA) is 74.2 Å². The lowest BCUT2D eigenvalue weighted by Crippen LogP contribution is -2.19. The highest BCUT2D eigenvalue weighted by Crippen LogP contribution is 2.21. The van der Waals surface area contributed by atoms with Crippen molar-refractivity contribution in [1.82, 2.24) is 10.1 Å². The highest BCUT2D eigenvalue weighted by atomic mass is 16.5. The summed E-state index contributed by atoms with van der Waals surface area (Å²) in [7, 11) is 1.61. The highest BCUT2D eigenvalue weighted by molar-refractivity contribution is 4.95. The zero-order valence-corrected chi connectivity index (χ0v) is 9.73. The minimum atomic E-state index is -0.194. The lowest BCUT2D eigenvalue weighted by molar-refractivity contribution is 0.109. The first kappa shape index (κ1) is 12.1. The van der Waals surface area contributed by atoms with E-state index in [0.29, 0.717) is 17.6 Å². The number of hydrogen-bond acceptors (Lipinski definition) is 5. The molecule has 5 heteroatoms. The van der Waals surface area contributed by atoms with E-state index < -0.39 is 0 Å². The number of ether oxygens (including phenoxy) is 1. The molecule has 0 fully saturated rings. The van der Waals surface area contributed by atoms with E-state index in [1.54, 1.807) is 7.11 Å². The molecule has 0 bridgehead atoms. The van der Waals surface area contributed by atoms with Crippen LogP contribution in [-0.4, -0.2) is 17.3 Å². The molecule has 0 aliphatic rings. The van der Waals surface area contributed by atoms with Gasteiger partial charge in [0.15, 0.2) is 5.82 Å². The van der Waals surface area contributed by atoms with E-state index in [4.69, 9.17) is 15.0 Å². The van der Waals surface area contributed by atoms with Crippen LogP contribution in [0.25, 0.3) is 0 Å². The molecule has 0 aromatic carbocycles. The Bertz CT molecular complexity index is 301. The number of nitrogens with zero attached hydrogens (tertiary/aromatic N) is 2. The van der Waals surface area contributed by atoms with Gasteiger partial charge >= 0.3 is 0 Å². The monoisotopic (exact) mass is 213 g/mol. The van der Waals surface area contributed by atoms with E-state index in [9.17, 15) is 0 Å². The Balaban J connectivity index is 2.75. The van der Waals surface area contributed by atoms with Gasteiger partial charge in [-0.1, -0.05) is 25.4 Å². The summed E-state index contributed by atoms with van der Waals surface area (Å²) in [6.45, 7) is 6.01. The Morgan fingerprint density at radius 2 is 2.13 bits per heavy atom. The largest absolute Gasteiger partial charge is 0.374 e. The van der Waals surface area contributed by atoms with Gasteiger partial charge in [0.2, 0.25) is 5.89 Å². The van der Waals surface area contributed by atoms with Gasteiger partial charge in [0.05, 0.1) is 6.04 Å². The zero-order chi connectivity index (χ0) is 11.4. The predicted molar refractivity (Wildman–Crippen MR) is 56.1 cm³/mol. The molecule has 5 nitrogen and oxygen atoms in total. The first-order valence-corrected chi connectivity index (χ1v) is 5.22. The van der Waals surface area contributed by atoms with Crippen LogP contribution < -0.4 is 5.73 Å². The summed E-state index contributed by atoms with van der Waals surface area (Å²) in [5.41, 5.74) is 5.97. The van der Waals surface area contributed by atoms with Crippen molar-refractivity contribution in [1.29, 1.82) is 0 Å². The number of methoxy groups -OCH3 is 1. The van der Waals surface area contributed by atoms with Crippen molar-refractivity contribution in [2.75, 3.05) is 7.11 Å². The minimum Gasteiger partial charge on any atom is -0.374 e. The maximum atomic E-state index is 5.97. The van der Waals surface area contributed by atoms with Crippen molar-refractivity contribution in [3.05, 3.63) is 11.7 Å². The van der Waals surface area contributed by atoms with E-state index in [1.807, 2.05) is 6.92 Å². The van der Waals surface area contributed by atoms with Gasteiger partial charge in [-0.15, -0.1) is 0 Å². The summed E-state index contributed by atoms with van der Waals surface area (Å²) in [5.74, 6) is 1.37. The summed E-state index contributed by atoms with van der Waals surface area (Å²) in [6.07, 6.45) is 0.824. The molecule has 1 aromatic rings. The normalized spacial score (nSPS) is 17.4. The van der Waals surface area contributed by atoms with Crippen LogP contribution in [0.4, 0.5) is 0 Å². The van der Waals surface area contributed by atoms with Crippen LogP contribution in [0.3, 0.4) is 0 Å². The maximum Gasteiger partial charge on any atom is 0.243 e. The second-order valence-electron chi connectivity index (χ2n) is 3.78. The van der Waals surface area contributed by atoms with Crippen LogP contribution in [0, 0.1) is 5.92 Å². The quantitative estimate of drug-likeness (QED) is 0.807. The van der Waals surface area contributed by atoms with Crippen molar-refractivity contribution >= 4 is 0 Å². The van der Waals surface area contributed by atoms with Gasteiger partial charge in [-0.2, -0.15) is 4.98 Å². The first-order valence-electron chi connectivity index (χ1n) is 5.22. The van der Waals surface area contributed by atoms with Gasteiger partial charge < -0.3 is 15.0 Å². The SMILES string of the molecule is CC[C@H](C)[C@H](N)c1nc(C(C)OC)no1. The summed E-state index contributed by atoms with van der Waals surface area (Å²) in [6, 6.07) is -0.194. The minimum absolute atomic E-state index is 0.161. The van der Waals surface area contributed by atoms with Crippen LogP contribution in [0.2, 0.25) is 0 Å². The van der Waals surface area contributed by atoms with Gasteiger partial charge in [-0.25, -0.2) is 0 Å². The van der Waals surface area contributed by atoms with E-state index in [2.05, 4.69) is 24.0 Å². The van der Waals surface area contributed by atoms with Crippen molar-refractivity contribution in [3.63, 3.8) is 0 Å². The summed E-state index contributed by atoms with van der Waals surface area (Å²) in [5, 5.41) is 3.83. The Morgan fingerprint density at radius 3 is 2.67 bits per heavy atom.